The van der Waals surface area contributed by atoms with Gasteiger partial charge in [-0.15, -0.1) is 0 Å². The van der Waals surface area contributed by atoms with Crippen LogP contribution in [0.3, 0.4) is 0 Å². The molecule has 9 nitrogen and oxygen atoms in total. The molecular formula is C20H38NO8P. The Morgan fingerprint density at radius 3 is 2.23 bits per heavy atom. The SMILES string of the molecule is C=C(C)C(=O)OCC(COC(=O)CC(CC)CCC)OP(=O)([O-])OCC[N+](C)(C)C. The van der Waals surface area contributed by atoms with Crippen LogP contribution in [0, 0.1) is 5.92 Å². The number of carbonyl (C=O) groups excluding carboxylic acids is 2. The number of hydrogen-bond donors (Lipinski definition) is 0. The zero-order valence-corrected chi connectivity index (χ0v) is 20.1. The highest BCUT2D eigenvalue weighted by Gasteiger charge is 2.23. The summed E-state index contributed by atoms with van der Waals surface area (Å²) in [6.07, 6.45) is 1.72. The summed E-state index contributed by atoms with van der Waals surface area (Å²) in [5.74, 6) is -0.954. The maximum absolute atomic E-state index is 12.1. The van der Waals surface area contributed by atoms with E-state index in [0.717, 1.165) is 19.3 Å². The van der Waals surface area contributed by atoms with E-state index in [1.807, 2.05) is 35.0 Å². The van der Waals surface area contributed by atoms with E-state index >= 15 is 0 Å². The van der Waals surface area contributed by atoms with Crippen molar-refractivity contribution in [2.45, 2.75) is 52.6 Å². The van der Waals surface area contributed by atoms with Gasteiger partial charge in [0.05, 0.1) is 21.1 Å². The minimum Gasteiger partial charge on any atom is -0.756 e. The van der Waals surface area contributed by atoms with Crippen LogP contribution in [0.4, 0.5) is 0 Å². The average molecular weight is 451 g/mol. The number of carbonyl (C=O) groups is 2. The van der Waals surface area contributed by atoms with E-state index < -0.39 is 32.5 Å². The van der Waals surface area contributed by atoms with E-state index in [1.165, 1.54) is 6.92 Å². The van der Waals surface area contributed by atoms with Gasteiger partial charge in [0.2, 0.25) is 0 Å². The van der Waals surface area contributed by atoms with Gasteiger partial charge >= 0.3 is 11.9 Å². The van der Waals surface area contributed by atoms with Crippen LogP contribution in [-0.4, -0.2) is 70.0 Å². The van der Waals surface area contributed by atoms with Gasteiger partial charge in [0, 0.05) is 12.0 Å². The van der Waals surface area contributed by atoms with Gasteiger partial charge in [0.15, 0.2) is 0 Å². The lowest BCUT2D eigenvalue weighted by molar-refractivity contribution is -0.870. The average Bonchev–Trinajstić information content (AvgIpc) is 2.61. The van der Waals surface area contributed by atoms with Gasteiger partial charge < -0.3 is 27.9 Å². The second kappa shape index (κ2) is 13.9. The summed E-state index contributed by atoms with van der Waals surface area (Å²) in [5, 5.41) is 0. The standard InChI is InChI=1S/C20H38NO8P/c1-8-10-17(9-2)13-19(22)26-14-18(15-27-20(23)16(3)4)29-30(24,25)28-12-11-21(5,6)7/h17-18H,3,8-15H2,1-2,4-7H3. The molecule has 0 aliphatic heterocycles. The summed E-state index contributed by atoms with van der Waals surface area (Å²) < 4.78 is 32.7. The maximum Gasteiger partial charge on any atom is 0.333 e. The van der Waals surface area contributed by atoms with Crippen LogP contribution in [-0.2, 0) is 32.7 Å². The molecular weight excluding hydrogens is 413 g/mol. The van der Waals surface area contributed by atoms with Crippen molar-refractivity contribution in [3.05, 3.63) is 12.2 Å². The van der Waals surface area contributed by atoms with E-state index in [0.29, 0.717) is 11.0 Å². The highest BCUT2D eigenvalue weighted by Crippen LogP contribution is 2.40. The predicted molar refractivity (Wildman–Crippen MR) is 111 cm³/mol. The predicted octanol–water partition coefficient (Wildman–Crippen LogP) is 2.44. The van der Waals surface area contributed by atoms with E-state index in [2.05, 4.69) is 6.58 Å². The van der Waals surface area contributed by atoms with Crippen LogP contribution in [0.25, 0.3) is 0 Å². The van der Waals surface area contributed by atoms with Gasteiger partial charge in [0.1, 0.15) is 32.5 Å². The number of rotatable bonds is 16. The van der Waals surface area contributed by atoms with Gasteiger partial charge in [-0.25, -0.2) is 4.79 Å². The number of likely N-dealkylation sites (N-methyl/N-ethyl adjacent to an activating group) is 1. The first-order chi connectivity index (χ1) is 13.8. The van der Waals surface area contributed by atoms with Crippen LogP contribution in [0.5, 0.6) is 0 Å². The number of quaternary nitrogens is 1. The number of hydrogen-bond acceptors (Lipinski definition) is 8. The van der Waals surface area contributed by atoms with Gasteiger partial charge in [-0.05, 0) is 12.8 Å². The van der Waals surface area contributed by atoms with Crippen molar-refractivity contribution in [2.75, 3.05) is 47.5 Å². The Morgan fingerprint density at radius 1 is 1.13 bits per heavy atom. The Morgan fingerprint density at radius 2 is 1.73 bits per heavy atom. The molecule has 3 unspecified atom stereocenters. The van der Waals surface area contributed by atoms with Gasteiger partial charge in [-0.3, -0.25) is 9.36 Å². The molecule has 30 heavy (non-hydrogen) atoms. The fraction of sp³-hybridized carbons (Fsp3) is 0.800. The fourth-order valence-electron chi connectivity index (χ4n) is 2.38. The third-order valence-corrected chi connectivity index (χ3v) is 5.25. The lowest BCUT2D eigenvalue weighted by Gasteiger charge is -2.29. The molecule has 0 bridgehead atoms. The van der Waals surface area contributed by atoms with E-state index in [4.69, 9.17) is 18.5 Å². The molecule has 0 aliphatic carbocycles. The number of phosphoric ester groups is 1. The van der Waals surface area contributed by atoms with Crippen molar-refractivity contribution in [2.24, 2.45) is 5.92 Å². The minimum absolute atomic E-state index is 0.0719. The van der Waals surface area contributed by atoms with Crippen molar-refractivity contribution in [1.29, 1.82) is 0 Å². The minimum atomic E-state index is -4.69. The molecule has 176 valence electrons. The number of phosphoric acid groups is 1. The molecule has 0 N–H and O–H groups in total. The molecule has 0 aromatic carbocycles. The van der Waals surface area contributed by atoms with Crippen molar-refractivity contribution >= 4 is 19.8 Å². The molecule has 3 atom stereocenters. The molecule has 0 spiro atoms. The van der Waals surface area contributed by atoms with Crippen molar-refractivity contribution in [3.8, 4) is 0 Å². The number of ether oxygens (including phenoxy) is 2. The van der Waals surface area contributed by atoms with Gasteiger partial charge in [0.25, 0.3) is 7.82 Å². The molecule has 0 radical (unpaired) electrons. The maximum atomic E-state index is 12.1. The van der Waals surface area contributed by atoms with E-state index in [9.17, 15) is 19.0 Å². The Balaban J connectivity index is 4.88. The van der Waals surface area contributed by atoms with E-state index in [-0.39, 0.29) is 31.1 Å². The molecule has 0 fully saturated rings. The third kappa shape index (κ3) is 14.7. The van der Waals surface area contributed by atoms with E-state index in [1.54, 1.807) is 0 Å². The first-order valence-corrected chi connectivity index (χ1v) is 11.7. The number of nitrogens with zero attached hydrogens (tertiary/aromatic N) is 1. The quantitative estimate of drug-likeness (QED) is 0.152. The summed E-state index contributed by atoms with van der Waals surface area (Å²) in [6.45, 7) is 8.53. The zero-order chi connectivity index (χ0) is 23.4. The molecule has 0 saturated carbocycles. The zero-order valence-electron chi connectivity index (χ0n) is 19.2. The van der Waals surface area contributed by atoms with Gasteiger partial charge in [-0.2, -0.15) is 0 Å². The highest BCUT2D eigenvalue weighted by molar-refractivity contribution is 7.45. The first-order valence-electron chi connectivity index (χ1n) is 10.2. The molecule has 0 saturated heterocycles. The number of esters is 2. The molecule has 10 heteroatoms. The summed E-state index contributed by atoms with van der Waals surface area (Å²) >= 11 is 0. The summed E-state index contributed by atoms with van der Waals surface area (Å²) in [7, 11) is 0.983. The topological polar surface area (TPSA) is 111 Å². The van der Waals surface area contributed by atoms with Crippen molar-refractivity contribution in [3.63, 3.8) is 0 Å². The second-order valence-electron chi connectivity index (χ2n) is 8.35. The van der Waals surface area contributed by atoms with Crippen molar-refractivity contribution in [1.82, 2.24) is 0 Å². The molecule has 0 aromatic rings. The molecule has 0 heterocycles. The summed E-state index contributed by atoms with van der Waals surface area (Å²) in [5.41, 5.74) is 0.153. The molecule has 0 rings (SSSR count). The molecule has 0 aliphatic rings. The highest BCUT2D eigenvalue weighted by atomic mass is 31.2. The summed E-state index contributed by atoms with van der Waals surface area (Å²) in [4.78, 5) is 35.9. The Bertz CT molecular complexity index is 602. The Hall–Kier alpha value is -1.25. The Kier molecular flexibility index (Phi) is 13.4. The second-order valence-corrected chi connectivity index (χ2v) is 9.71. The van der Waals surface area contributed by atoms with Crippen LogP contribution in [0.15, 0.2) is 12.2 Å². The Labute approximate surface area is 180 Å². The van der Waals surface area contributed by atoms with Gasteiger partial charge in [-0.1, -0.05) is 39.7 Å². The molecule has 0 aromatic heterocycles. The van der Waals surface area contributed by atoms with Crippen molar-refractivity contribution < 1.29 is 42.1 Å². The first kappa shape index (κ1) is 28.8. The lowest BCUT2D eigenvalue weighted by Crippen LogP contribution is -2.38. The fourth-order valence-corrected chi connectivity index (χ4v) is 3.23. The van der Waals surface area contributed by atoms with Crippen LogP contribution in [0.2, 0.25) is 0 Å². The van der Waals surface area contributed by atoms with Crippen LogP contribution >= 0.6 is 7.82 Å². The summed E-state index contributed by atoms with van der Waals surface area (Å²) in [6, 6.07) is 0. The normalized spacial score (nSPS) is 15.7. The molecule has 0 amide bonds. The smallest absolute Gasteiger partial charge is 0.333 e. The largest absolute Gasteiger partial charge is 0.756 e. The van der Waals surface area contributed by atoms with Crippen LogP contribution in [0.1, 0.15) is 46.5 Å². The monoisotopic (exact) mass is 451 g/mol. The third-order valence-electron chi connectivity index (χ3n) is 4.20. The lowest BCUT2D eigenvalue weighted by atomic mass is 9.97. The van der Waals surface area contributed by atoms with Crippen LogP contribution < -0.4 is 4.89 Å².